The number of Topliss-reactive ketones (excluding diaryl/α,β-unsaturated/α-hetero) is 2. The van der Waals surface area contributed by atoms with E-state index in [4.69, 9.17) is 4.74 Å². The molecule has 1 saturated carbocycles. The average molecular weight is 461 g/mol. The fraction of sp³-hybridized carbons (Fsp3) is 0.880. The highest BCUT2D eigenvalue weighted by Crippen LogP contribution is 2.37. The van der Waals surface area contributed by atoms with Crippen LogP contribution in [0.4, 0.5) is 8.78 Å². The number of ketones is 2. The summed E-state index contributed by atoms with van der Waals surface area (Å²) in [5.41, 5.74) is 0. The van der Waals surface area contributed by atoms with Crippen LogP contribution in [0, 0.1) is 11.8 Å². The second kappa shape index (κ2) is 14.7. The maximum atomic E-state index is 13.9. The van der Waals surface area contributed by atoms with E-state index in [2.05, 4.69) is 0 Å². The van der Waals surface area contributed by atoms with Crippen molar-refractivity contribution in [3.05, 3.63) is 0 Å². The van der Waals surface area contributed by atoms with Gasteiger partial charge in [-0.05, 0) is 45.4 Å². The van der Waals surface area contributed by atoms with Gasteiger partial charge in [0.15, 0.2) is 0 Å². The van der Waals surface area contributed by atoms with Crippen molar-refractivity contribution >= 4 is 17.5 Å². The van der Waals surface area contributed by atoms with Crippen LogP contribution in [0.5, 0.6) is 0 Å². The molecule has 0 radical (unpaired) electrons. The first-order valence-corrected chi connectivity index (χ1v) is 12.4. The van der Waals surface area contributed by atoms with E-state index in [-0.39, 0.29) is 43.0 Å². The van der Waals surface area contributed by atoms with Crippen LogP contribution in [0.25, 0.3) is 0 Å². The number of halogens is 2. The first-order chi connectivity index (χ1) is 15.1. The Bertz CT molecular complexity index is 591. The monoisotopic (exact) mass is 460 g/mol. The van der Waals surface area contributed by atoms with Crippen LogP contribution in [0.15, 0.2) is 0 Å². The number of unbranched alkanes of at least 4 members (excludes halogenated alkanes) is 6. The largest absolute Gasteiger partial charge is 0.463 e. The third kappa shape index (κ3) is 10.5. The number of hydrogen-bond acceptors (Lipinski definition) is 5. The van der Waals surface area contributed by atoms with E-state index in [0.717, 1.165) is 38.5 Å². The lowest BCUT2D eigenvalue weighted by Crippen LogP contribution is -2.30. The fourth-order valence-electron chi connectivity index (χ4n) is 4.47. The normalized spacial score (nSPS) is 21.3. The highest BCUT2D eigenvalue weighted by molar-refractivity contribution is 5.86. The smallest absolute Gasteiger partial charge is 0.306 e. The summed E-state index contributed by atoms with van der Waals surface area (Å²) in [4.78, 5) is 35.7. The van der Waals surface area contributed by atoms with Crippen molar-refractivity contribution in [2.24, 2.45) is 11.8 Å². The van der Waals surface area contributed by atoms with E-state index in [9.17, 15) is 28.3 Å². The molecule has 186 valence electrons. The number of carbonyl (C=O) groups excluding carboxylic acids is 3. The Balaban J connectivity index is 2.30. The molecule has 0 spiro atoms. The maximum absolute atomic E-state index is 13.9. The van der Waals surface area contributed by atoms with Crippen LogP contribution in [-0.4, -0.2) is 40.8 Å². The first kappa shape index (κ1) is 28.7. The van der Waals surface area contributed by atoms with E-state index < -0.39 is 30.1 Å². The first-order valence-electron chi connectivity index (χ1n) is 12.4. The number of rotatable bonds is 17. The van der Waals surface area contributed by atoms with Crippen molar-refractivity contribution < 1.29 is 33.0 Å². The Labute approximate surface area is 191 Å². The molecule has 0 aromatic rings. The third-order valence-corrected chi connectivity index (χ3v) is 6.31. The highest BCUT2D eigenvalue weighted by Gasteiger charge is 2.43. The molecule has 0 bridgehead atoms. The number of carbonyl (C=O) groups is 3. The third-order valence-electron chi connectivity index (χ3n) is 6.31. The van der Waals surface area contributed by atoms with Gasteiger partial charge in [0.2, 0.25) is 5.78 Å². The van der Waals surface area contributed by atoms with Gasteiger partial charge in [0.25, 0.3) is 0 Å². The molecule has 5 nitrogen and oxygen atoms in total. The Kier molecular flexibility index (Phi) is 13.2. The number of esters is 1. The second-order valence-corrected chi connectivity index (χ2v) is 9.48. The summed E-state index contributed by atoms with van der Waals surface area (Å²) in [6.07, 6.45) is 6.04. The quantitative estimate of drug-likeness (QED) is 0.219. The van der Waals surface area contributed by atoms with Gasteiger partial charge >= 0.3 is 11.9 Å². The summed E-state index contributed by atoms with van der Waals surface area (Å²) in [7, 11) is 0. The van der Waals surface area contributed by atoms with Gasteiger partial charge in [-0.1, -0.05) is 45.4 Å². The Hall–Kier alpha value is -1.37. The minimum Gasteiger partial charge on any atom is -0.463 e. The van der Waals surface area contributed by atoms with Crippen LogP contribution in [-0.2, 0) is 19.1 Å². The molecule has 0 aromatic carbocycles. The molecule has 1 aliphatic carbocycles. The topological polar surface area (TPSA) is 80.7 Å². The molecule has 3 atom stereocenters. The van der Waals surface area contributed by atoms with Crippen LogP contribution in [0.3, 0.4) is 0 Å². The lowest BCUT2D eigenvalue weighted by atomic mass is 9.85. The van der Waals surface area contributed by atoms with Crippen LogP contribution in [0.2, 0.25) is 0 Å². The molecule has 7 heteroatoms. The lowest BCUT2D eigenvalue weighted by molar-refractivity contribution is -0.147. The number of alkyl halides is 2. The summed E-state index contributed by atoms with van der Waals surface area (Å²) in [5.74, 6) is -5.31. The molecule has 1 fully saturated rings. The number of aliphatic hydroxyl groups is 1. The second-order valence-electron chi connectivity index (χ2n) is 9.48. The van der Waals surface area contributed by atoms with Gasteiger partial charge in [0, 0.05) is 31.6 Å². The maximum Gasteiger partial charge on any atom is 0.306 e. The van der Waals surface area contributed by atoms with Crippen LogP contribution < -0.4 is 0 Å². The van der Waals surface area contributed by atoms with E-state index >= 15 is 0 Å². The van der Waals surface area contributed by atoms with Crippen molar-refractivity contribution in [3.8, 4) is 0 Å². The molecule has 0 saturated heterocycles. The summed E-state index contributed by atoms with van der Waals surface area (Å²) in [5, 5.41) is 10.2. The minimum atomic E-state index is -3.31. The molecule has 0 amide bonds. The summed E-state index contributed by atoms with van der Waals surface area (Å²) >= 11 is 0. The molecule has 1 rings (SSSR count). The molecule has 0 aromatic heterocycles. The molecular weight excluding hydrogens is 418 g/mol. The Morgan fingerprint density at radius 1 is 1.03 bits per heavy atom. The van der Waals surface area contributed by atoms with E-state index in [1.807, 2.05) is 13.8 Å². The van der Waals surface area contributed by atoms with Gasteiger partial charge in [-0.2, -0.15) is 8.78 Å². The lowest BCUT2D eigenvalue weighted by Gasteiger charge is -2.22. The zero-order valence-electron chi connectivity index (χ0n) is 20.0. The number of hydrogen-bond donors (Lipinski definition) is 1. The zero-order valence-corrected chi connectivity index (χ0v) is 20.0. The molecule has 1 N–H and O–H groups in total. The molecule has 1 unspecified atom stereocenters. The van der Waals surface area contributed by atoms with Gasteiger partial charge in [-0.3, -0.25) is 14.4 Å². The zero-order chi connectivity index (χ0) is 24.1. The van der Waals surface area contributed by atoms with E-state index in [1.165, 1.54) is 0 Å². The van der Waals surface area contributed by atoms with Crippen molar-refractivity contribution in [3.63, 3.8) is 0 Å². The number of aliphatic hydroxyl groups excluding tert-OH is 1. The van der Waals surface area contributed by atoms with Gasteiger partial charge < -0.3 is 9.84 Å². The number of ether oxygens (including phenoxy) is 1. The van der Waals surface area contributed by atoms with E-state index in [0.29, 0.717) is 25.7 Å². The Morgan fingerprint density at radius 3 is 2.28 bits per heavy atom. The summed E-state index contributed by atoms with van der Waals surface area (Å²) < 4.78 is 32.9. The molecule has 0 heterocycles. The molecule has 1 aliphatic rings. The van der Waals surface area contributed by atoms with Crippen LogP contribution >= 0.6 is 0 Å². The predicted octanol–water partition coefficient (Wildman–Crippen LogP) is 5.80. The van der Waals surface area contributed by atoms with E-state index in [1.54, 1.807) is 6.92 Å². The average Bonchev–Trinajstić information content (AvgIpc) is 2.98. The van der Waals surface area contributed by atoms with Gasteiger partial charge in [0.1, 0.15) is 5.78 Å². The standard InChI is InChI=1S/C25H42F2O5/c1-4-5-16-25(26,27)23(30)15-14-20-19(21(28)17-22(20)29)12-10-8-6-7-9-11-13-24(31)32-18(2)3/h18-20,22,29H,4-17H2,1-3H3/t19?,20-,22-/m1/s1. The van der Waals surface area contributed by atoms with Crippen LogP contribution in [0.1, 0.15) is 111 Å². The van der Waals surface area contributed by atoms with Gasteiger partial charge in [-0.15, -0.1) is 0 Å². The SMILES string of the molecule is CCCCC(F)(F)C(=O)CC[C@@H]1C(CCCCCCCCC(=O)OC(C)C)C(=O)C[C@H]1O. The van der Waals surface area contributed by atoms with Crippen molar-refractivity contribution in [2.45, 2.75) is 129 Å². The fourth-order valence-corrected chi connectivity index (χ4v) is 4.47. The summed E-state index contributed by atoms with van der Waals surface area (Å²) in [6.45, 7) is 5.46. The Morgan fingerprint density at radius 2 is 1.66 bits per heavy atom. The minimum absolute atomic E-state index is 0.0173. The van der Waals surface area contributed by atoms with Crippen molar-refractivity contribution in [1.82, 2.24) is 0 Å². The van der Waals surface area contributed by atoms with Gasteiger partial charge in [0.05, 0.1) is 12.2 Å². The molecular formula is C25H42F2O5. The van der Waals surface area contributed by atoms with Crippen molar-refractivity contribution in [2.75, 3.05) is 0 Å². The highest BCUT2D eigenvalue weighted by atomic mass is 19.3. The molecule has 32 heavy (non-hydrogen) atoms. The molecule has 0 aliphatic heterocycles. The van der Waals surface area contributed by atoms with Crippen molar-refractivity contribution in [1.29, 1.82) is 0 Å². The van der Waals surface area contributed by atoms with Gasteiger partial charge in [-0.25, -0.2) is 0 Å². The summed E-state index contributed by atoms with van der Waals surface area (Å²) in [6, 6.07) is 0. The predicted molar refractivity (Wildman–Crippen MR) is 119 cm³/mol.